The van der Waals surface area contributed by atoms with Crippen LogP contribution in [0.1, 0.15) is 25.7 Å². The van der Waals surface area contributed by atoms with Gasteiger partial charge in [-0.3, -0.25) is 0 Å². The van der Waals surface area contributed by atoms with E-state index in [4.69, 9.17) is 4.65 Å². The number of hydrogen-bond acceptors (Lipinski definition) is 3. The van der Waals surface area contributed by atoms with Crippen molar-refractivity contribution in [1.29, 1.82) is 0 Å². The summed E-state index contributed by atoms with van der Waals surface area (Å²) in [5.41, 5.74) is 0. The van der Waals surface area contributed by atoms with Crippen molar-refractivity contribution in [3.8, 4) is 0 Å². The number of rotatable bonds is 4. The summed E-state index contributed by atoms with van der Waals surface area (Å²) in [4.78, 5) is 2.33. The minimum atomic E-state index is 0.621. The Hall–Kier alpha value is -0.0551. The predicted molar refractivity (Wildman–Crippen MR) is 55.6 cm³/mol. The van der Waals surface area contributed by atoms with Crippen molar-refractivity contribution in [1.82, 2.24) is 10.1 Å². The zero-order chi connectivity index (χ0) is 9.68. The molecule has 0 amide bonds. The SMILES string of the molecule is CO[B]NC1CCC(N(C)C)CC1. The fourth-order valence-electron chi connectivity index (χ4n) is 1.92. The van der Waals surface area contributed by atoms with Crippen molar-refractivity contribution >= 4 is 7.62 Å². The molecule has 75 valence electrons. The van der Waals surface area contributed by atoms with Gasteiger partial charge in [0, 0.05) is 13.2 Å². The maximum absolute atomic E-state index is 4.87. The lowest BCUT2D eigenvalue weighted by Crippen LogP contribution is -2.41. The summed E-state index contributed by atoms with van der Waals surface area (Å²) in [5.74, 6) is 0. The monoisotopic (exact) mass is 183 g/mol. The second kappa shape index (κ2) is 5.63. The molecule has 1 fully saturated rings. The van der Waals surface area contributed by atoms with Crippen molar-refractivity contribution in [2.24, 2.45) is 0 Å². The van der Waals surface area contributed by atoms with Gasteiger partial charge >= 0.3 is 7.62 Å². The molecule has 0 atom stereocenters. The molecule has 1 radical (unpaired) electrons. The minimum absolute atomic E-state index is 0.621. The molecular weight excluding hydrogens is 163 g/mol. The third kappa shape index (κ3) is 3.67. The van der Waals surface area contributed by atoms with Gasteiger partial charge in [0.2, 0.25) is 0 Å². The van der Waals surface area contributed by atoms with E-state index in [9.17, 15) is 0 Å². The third-order valence-corrected chi connectivity index (χ3v) is 2.85. The van der Waals surface area contributed by atoms with Crippen LogP contribution in [0.15, 0.2) is 0 Å². The summed E-state index contributed by atoms with van der Waals surface area (Å²) in [5, 5.41) is 3.26. The highest BCUT2D eigenvalue weighted by Gasteiger charge is 2.21. The molecule has 1 aliphatic carbocycles. The molecule has 0 bridgehead atoms. The van der Waals surface area contributed by atoms with E-state index in [2.05, 4.69) is 24.2 Å². The highest BCUT2D eigenvalue weighted by Crippen LogP contribution is 2.21. The second-order valence-electron chi connectivity index (χ2n) is 3.99. The first-order valence-corrected chi connectivity index (χ1v) is 5.01. The van der Waals surface area contributed by atoms with Gasteiger partial charge in [-0.25, -0.2) is 0 Å². The van der Waals surface area contributed by atoms with Gasteiger partial charge < -0.3 is 14.8 Å². The molecule has 3 nitrogen and oxygen atoms in total. The number of nitrogens with one attached hydrogen (secondary N) is 1. The molecule has 1 rings (SSSR count). The summed E-state index contributed by atoms with van der Waals surface area (Å²) in [6, 6.07) is 1.40. The van der Waals surface area contributed by atoms with Crippen molar-refractivity contribution < 1.29 is 4.65 Å². The first-order chi connectivity index (χ1) is 6.24. The maximum atomic E-state index is 4.87. The fraction of sp³-hybridized carbons (Fsp3) is 1.00. The van der Waals surface area contributed by atoms with E-state index in [1.807, 2.05) is 0 Å². The smallest absolute Gasteiger partial charge is 0.395 e. The Morgan fingerprint density at radius 3 is 2.31 bits per heavy atom. The Labute approximate surface area is 82.1 Å². The van der Waals surface area contributed by atoms with Crippen LogP contribution in [-0.2, 0) is 4.65 Å². The van der Waals surface area contributed by atoms with Crippen LogP contribution in [0.25, 0.3) is 0 Å². The van der Waals surface area contributed by atoms with Crippen LogP contribution >= 0.6 is 0 Å². The topological polar surface area (TPSA) is 24.5 Å². The van der Waals surface area contributed by atoms with E-state index in [1.54, 1.807) is 14.7 Å². The molecule has 0 heterocycles. The van der Waals surface area contributed by atoms with Crippen LogP contribution in [0.2, 0.25) is 0 Å². The maximum Gasteiger partial charge on any atom is 0.395 e. The Morgan fingerprint density at radius 1 is 1.23 bits per heavy atom. The lowest BCUT2D eigenvalue weighted by atomic mass is 9.89. The van der Waals surface area contributed by atoms with Gasteiger partial charge in [0.05, 0.1) is 0 Å². The molecular formula is C9H20BN2O. The first kappa shape index (κ1) is 11.0. The average Bonchev–Trinajstić information content (AvgIpc) is 2.15. The van der Waals surface area contributed by atoms with Gasteiger partial charge in [-0.1, -0.05) is 0 Å². The minimum Gasteiger partial charge on any atom is -0.427 e. The number of nitrogens with zero attached hydrogens (tertiary/aromatic N) is 1. The molecule has 1 N–H and O–H groups in total. The summed E-state index contributed by atoms with van der Waals surface area (Å²) >= 11 is 0. The zero-order valence-electron chi connectivity index (χ0n) is 8.92. The molecule has 0 aromatic carbocycles. The Balaban J connectivity index is 2.15. The molecule has 0 spiro atoms. The van der Waals surface area contributed by atoms with Crippen LogP contribution < -0.4 is 5.23 Å². The standard InChI is InChI=1S/C9H20BN2O/c1-12(2)9-6-4-8(5-7-9)11-10-13-3/h8-9,11H,4-7H2,1-3H3. The van der Waals surface area contributed by atoms with Crippen LogP contribution in [0.4, 0.5) is 0 Å². The fourth-order valence-corrected chi connectivity index (χ4v) is 1.92. The molecule has 1 aliphatic rings. The van der Waals surface area contributed by atoms with E-state index < -0.39 is 0 Å². The summed E-state index contributed by atoms with van der Waals surface area (Å²) in [6.45, 7) is 0. The third-order valence-electron chi connectivity index (χ3n) is 2.85. The molecule has 0 aromatic heterocycles. The molecule has 13 heavy (non-hydrogen) atoms. The molecule has 1 saturated carbocycles. The van der Waals surface area contributed by atoms with E-state index in [0.717, 1.165) is 6.04 Å². The quantitative estimate of drug-likeness (QED) is 0.647. The van der Waals surface area contributed by atoms with Crippen LogP contribution in [-0.4, -0.2) is 45.8 Å². The largest absolute Gasteiger partial charge is 0.427 e. The van der Waals surface area contributed by atoms with Crippen LogP contribution in [0.3, 0.4) is 0 Å². The van der Waals surface area contributed by atoms with Crippen LogP contribution in [0, 0.1) is 0 Å². The van der Waals surface area contributed by atoms with Crippen LogP contribution in [0.5, 0.6) is 0 Å². The highest BCUT2D eigenvalue weighted by molar-refractivity contribution is 6.23. The van der Waals surface area contributed by atoms with Gasteiger partial charge in [0.1, 0.15) is 0 Å². The second-order valence-corrected chi connectivity index (χ2v) is 3.99. The Kier molecular flexibility index (Phi) is 4.77. The summed E-state index contributed by atoms with van der Waals surface area (Å²) in [6.07, 6.45) is 5.09. The van der Waals surface area contributed by atoms with Gasteiger partial charge in [0.15, 0.2) is 0 Å². The lowest BCUT2D eigenvalue weighted by Gasteiger charge is -2.32. The van der Waals surface area contributed by atoms with Crippen molar-refractivity contribution in [2.75, 3.05) is 21.2 Å². The molecule has 4 heteroatoms. The molecule has 0 aliphatic heterocycles. The average molecular weight is 183 g/mol. The van der Waals surface area contributed by atoms with Gasteiger partial charge in [-0.05, 0) is 45.8 Å². The van der Waals surface area contributed by atoms with Gasteiger partial charge in [-0.15, -0.1) is 0 Å². The van der Waals surface area contributed by atoms with Crippen molar-refractivity contribution in [3.05, 3.63) is 0 Å². The molecule has 0 aromatic rings. The van der Waals surface area contributed by atoms with Gasteiger partial charge in [0.25, 0.3) is 0 Å². The Morgan fingerprint density at radius 2 is 1.85 bits per heavy atom. The zero-order valence-corrected chi connectivity index (χ0v) is 8.92. The van der Waals surface area contributed by atoms with Crippen molar-refractivity contribution in [3.63, 3.8) is 0 Å². The normalized spacial score (nSPS) is 29.2. The van der Waals surface area contributed by atoms with Crippen molar-refractivity contribution in [2.45, 2.75) is 37.8 Å². The summed E-state index contributed by atoms with van der Waals surface area (Å²) < 4.78 is 4.87. The molecule has 0 saturated heterocycles. The first-order valence-electron chi connectivity index (χ1n) is 5.01. The summed E-state index contributed by atoms with van der Waals surface area (Å²) in [7, 11) is 7.71. The van der Waals surface area contributed by atoms with E-state index in [-0.39, 0.29) is 0 Å². The van der Waals surface area contributed by atoms with E-state index in [1.165, 1.54) is 25.7 Å². The van der Waals surface area contributed by atoms with E-state index >= 15 is 0 Å². The van der Waals surface area contributed by atoms with E-state index in [0.29, 0.717) is 6.04 Å². The Bertz CT molecular complexity index is 136. The lowest BCUT2D eigenvalue weighted by molar-refractivity contribution is 0.210. The van der Waals surface area contributed by atoms with Gasteiger partial charge in [-0.2, -0.15) is 0 Å². The highest BCUT2D eigenvalue weighted by atomic mass is 16.4. The molecule has 0 unspecified atom stereocenters. The number of hydrogen-bond donors (Lipinski definition) is 1. The predicted octanol–water partition coefficient (Wildman–Crippen LogP) is 0.629.